The Hall–Kier alpha value is -2.37. The molecule has 1 aromatic carbocycles. The Balaban J connectivity index is 2.14. The van der Waals surface area contributed by atoms with Gasteiger partial charge in [0.1, 0.15) is 12.4 Å². The van der Waals surface area contributed by atoms with Crippen molar-refractivity contribution in [2.75, 3.05) is 19.6 Å². The van der Waals surface area contributed by atoms with E-state index in [0.29, 0.717) is 31.3 Å². The molecule has 30 heavy (non-hydrogen) atoms. The van der Waals surface area contributed by atoms with E-state index in [1.807, 2.05) is 36.1 Å². The van der Waals surface area contributed by atoms with Crippen LogP contribution < -0.4 is 5.32 Å². The third-order valence-corrected chi connectivity index (χ3v) is 4.93. The Labute approximate surface area is 181 Å². The molecule has 0 saturated heterocycles. The van der Waals surface area contributed by atoms with E-state index < -0.39 is 0 Å². The molecule has 2 amide bonds. The van der Waals surface area contributed by atoms with Gasteiger partial charge in [-0.2, -0.15) is 0 Å². The molecule has 2 rings (SSSR count). The first-order valence-corrected chi connectivity index (χ1v) is 11.3. The second kappa shape index (κ2) is 11.7. The number of nitrogens with zero attached hydrogens (tertiary/aromatic N) is 3. The van der Waals surface area contributed by atoms with Gasteiger partial charge >= 0.3 is 0 Å². The summed E-state index contributed by atoms with van der Waals surface area (Å²) in [6.45, 7) is 13.0. The van der Waals surface area contributed by atoms with Crippen molar-refractivity contribution in [3.05, 3.63) is 30.1 Å². The topological polar surface area (TPSA) is 67.2 Å². The molecule has 0 aliphatic heterocycles. The Kier molecular flexibility index (Phi) is 9.34. The van der Waals surface area contributed by atoms with E-state index in [-0.39, 0.29) is 11.8 Å². The van der Waals surface area contributed by atoms with E-state index in [2.05, 4.69) is 37.6 Å². The van der Waals surface area contributed by atoms with Crippen LogP contribution in [0.25, 0.3) is 11.0 Å². The van der Waals surface area contributed by atoms with Crippen LogP contribution in [-0.2, 0) is 22.6 Å². The van der Waals surface area contributed by atoms with Crippen LogP contribution in [0.4, 0.5) is 0 Å². The van der Waals surface area contributed by atoms with Gasteiger partial charge in [0.2, 0.25) is 11.8 Å². The number of hydrogen-bond donors (Lipinski definition) is 1. The summed E-state index contributed by atoms with van der Waals surface area (Å²) in [5, 5.41) is 2.96. The van der Waals surface area contributed by atoms with Crippen molar-refractivity contribution >= 4 is 22.8 Å². The third kappa shape index (κ3) is 7.15. The van der Waals surface area contributed by atoms with Crippen LogP contribution in [0.3, 0.4) is 0 Å². The molecule has 6 nitrogen and oxygen atoms in total. The lowest BCUT2D eigenvalue weighted by molar-refractivity contribution is -0.132. The first-order valence-electron chi connectivity index (χ1n) is 11.3. The zero-order valence-corrected chi connectivity index (χ0v) is 19.3. The molecule has 0 aliphatic rings. The summed E-state index contributed by atoms with van der Waals surface area (Å²) in [4.78, 5) is 31.6. The lowest BCUT2D eigenvalue weighted by Gasteiger charge is -2.27. The Morgan fingerprint density at radius 2 is 1.77 bits per heavy atom. The minimum atomic E-state index is 0.0965. The number of para-hydroxylation sites is 2. The van der Waals surface area contributed by atoms with Crippen molar-refractivity contribution in [3.8, 4) is 0 Å². The van der Waals surface area contributed by atoms with Gasteiger partial charge in [0.05, 0.1) is 11.0 Å². The molecule has 0 radical (unpaired) electrons. The van der Waals surface area contributed by atoms with Crippen molar-refractivity contribution in [1.82, 2.24) is 19.8 Å². The highest BCUT2D eigenvalue weighted by Crippen LogP contribution is 2.18. The van der Waals surface area contributed by atoms with Gasteiger partial charge in [0.15, 0.2) is 0 Å². The average molecular weight is 415 g/mol. The Bertz CT molecular complexity index is 816. The zero-order valence-electron chi connectivity index (χ0n) is 19.3. The van der Waals surface area contributed by atoms with Crippen LogP contribution in [0.15, 0.2) is 24.3 Å². The highest BCUT2D eigenvalue weighted by atomic mass is 16.2. The summed E-state index contributed by atoms with van der Waals surface area (Å²) in [7, 11) is 0. The molecule has 0 aliphatic carbocycles. The maximum Gasteiger partial charge on any atom is 0.242 e. The fourth-order valence-corrected chi connectivity index (χ4v) is 3.68. The van der Waals surface area contributed by atoms with Gasteiger partial charge in [-0.05, 0) is 36.8 Å². The predicted octanol–water partition coefficient (Wildman–Crippen LogP) is 4.03. The van der Waals surface area contributed by atoms with Crippen molar-refractivity contribution in [1.29, 1.82) is 0 Å². The van der Waals surface area contributed by atoms with Crippen LogP contribution in [0.5, 0.6) is 0 Å². The zero-order chi connectivity index (χ0) is 22.1. The van der Waals surface area contributed by atoms with Crippen LogP contribution in [0.1, 0.15) is 59.7 Å². The fraction of sp³-hybridized carbons (Fsp3) is 0.625. The maximum atomic E-state index is 13.2. The van der Waals surface area contributed by atoms with E-state index in [1.54, 1.807) is 0 Å². The average Bonchev–Trinajstić information content (AvgIpc) is 3.01. The van der Waals surface area contributed by atoms with Gasteiger partial charge in [0.25, 0.3) is 0 Å². The molecule has 0 saturated carbocycles. The van der Waals surface area contributed by atoms with Crippen LogP contribution >= 0.6 is 0 Å². The highest BCUT2D eigenvalue weighted by Gasteiger charge is 2.20. The third-order valence-electron chi connectivity index (χ3n) is 4.93. The SMILES string of the molecule is CCCC(=O)NCCCc1nc2ccccc2n1CC(=O)N(CC(C)C)CC(C)C. The number of hydrogen-bond acceptors (Lipinski definition) is 3. The van der Waals surface area contributed by atoms with Gasteiger partial charge in [-0.15, -0.1) is 0 Å². The molecular formula is C24H38N4O2. The second-order valence-corrected chi connectivity index (χ2v) is 8.89. The molecule has 166 valence electrons. The molecule has 0 fully saturated rings. The van der Waals surface area contributed by atoms with Crippen LogP contribution in [0, 0.1) is 11.8 Å². The van der Waals surface area contributed by atoms with Crippen LogP contribution in [-0.4, -0.2) is 45.9 Å². The smallest absolute Gasteiger partial charge is 0.242 e. The van der Waals surface area contributed by atoms with Crippen LogP contribution in [0.2, 0.25) is 0 Å². The second-order valence-electron chi connectivity index (χ2n) is 8.89. The summed E-state index contributed by atoms with van der Waals surface area (Å²) < 4.78 is 2.05. The van der Waals surface area contributed by atoms with Crippen molar-refractivity contribution < 1.29 is 9.59 Å². The number of aryl methyl sites for hydroxylation is 1. The molecule has 6 heteroatoms. The number of aromatic nitrogens is 2. The van der Waals surface area contributed by atoms with Crippen molar-refractivity contribution in [3.63, 3.8) is 0 Å². The van der Waals surface area contributed by atoms with Crippen molar-refractivity contribution in [2.24, 2.45) is 11.8 Å². The molecular weight excluding hydrogens is 376 g/mol. The first kappa shape index (κ1) is 23.9. The number of amides is 2. The van der Waals surface area contributed by atoms with Gasteiger partial charge in [0, 0.05) is 32.5 Å². The molecule has 0 atom stereocenters. The van der Waals surface area contributed by atoms with Gasteiger partial charge in [-0.1, -0.05) is 46.8 Å². The predicted molar refractivity (Wildman–Crippen MR) is 122 cm³/mol. The molecule has 2 aromatic rings. The number of carbonyl (C=O) groups excluding carboxylic acids is 2. The molecule has 1 N–H and O–H groups in total. The summed E-state index contributed by atoms with van der Waals surface area (Å²) in [6.07, 6.45) is 2.94. The Morgan fingerprint density at radius 3 is 2.40 bits per heavy atom. The van der Waals surface area contributed by atoms with E-state index in [9.17, 15) is 9.59 Å². The van der Waals surface area contributed by atoms with E-state index in [0.717, 1.165) is 49.2 Å². The summed E-state index contributed by atoms with van der Waals surface area (Å²) in [5.41, 5.74) is 1.90. The summed E-state index contributed by atoms with van der Waals surface area (Å²) >= 11 is 0. The highest BCUT2D eigenvalue weighted by molar-refractivity contribution is 5.81. The number of fused-ring (bicyclic) bond motifs is 1. The minimum Gasteiger partial charge on any atom is -0.356 e. The standard InChI is InChI=1S/C24H38N4O2/c1-6-10-23(29)25-14-9-13-22-26-20-11-7-8-12-21(20)28(22)17-24(30)27(15-18(2)3)16-19(4)5/h7-8,11-12,18-19H,6,9-10,13-17H2,1-5H3,(H,25,29). The normalized spacial score (nSPS) is 11.4. The van der Waals surface area contributed by atoms with Gasteiger partial charge in [-0.25, -0.2) is 4.98 Å². The Morgan fingerprint density at radius 1 is 1.10 bits per heavy atom. The minimum absolute atomic E-state index is 0.0965. The molecule has 0 spiro atoms. The molecule has 1 heterocycles. The fourth-order valence-electron chi connectivity index (χ4n) is 3.68. The molecule has 0 unspecified atom stereocenters. The number of benzene rings is 1. The summed E-state index contributed by atoms with van der Waals surface area (Å²) in [5.74, 6) is 2.00. The largest absolute Gasteiger partial charge is 0.356 e. The van der Waals surface area contributed by atoms with Crippen molar-refractivity contribution in [2.45, 2.75) is 66.8 Å². The molecule has 0 bridgehead atoms. The van der Waals surface area contributed by atoms with Gasteiger partial charge < -0.3 is 14.8 Å². The summed E-state index contributed by atoms with van der Waals surface area (Å²) in [6, 6.07) is 7.97. The van der Waals surface area contributed by atoms with E-state index in [4.69, 9.17) is 4.98 Å². The monoisotopic (exact) mass is 414 g/mol. The number of nitrogens with one attached hydrogen (secondary N) is 1. The number of imidazole rings is 1. The lowest BCUT2D eigenvalue weighted by atomic mass is 10.1. The number of rotatable bonds is 12. The van der Waals surface area contributed by atoms with E-state index in [1.165, 1.54) is 0 Å². The first-order chi connectivity index (χ1) is 14.3. The van der Waals surface area contributed by atoms with E-state index >= 15 is 0 Å². The van der Waals surface area contributed by atoms with Gasteiger partial charge in [-0.3, -0.25) is 9.59 Å². The lowest BCUT2D eigenvalue weighted by Crippen LogP contribution is -2.39. The molecule has 1 aromatic heterocycles. The maximum absolute atomic E-state index is 13.2. The number of carbonyl (C=O) groups is 2. The quantitative estimate of drug-likeness (QED) is 0.533.